The molecule has 0 heterocycles. The van der Waals surface area contributed by atoms with Crippen LogP contribution in [-0.2, 0) is 26.2 Å². The molecule has 0 spiro atoms. The van der Waals surface area contributed by atoms with Crippen LogP contribution in [0.15, 0.2) is 48.5 Å². The molecule has 7 nitrogen and oxygen atoms in total. The Labute approximate surface area is 223 Å². The van der Waals surface area contributed by atoms with Crippen molar-refractivity contribution in [2.45, 2.75) is 64.1 Å². The van der Waals surface area contributed by atoms with Crippen LogP contribution in [-0.4, -0.2) is 50.0 Å². The zero-order chi connectivity index (χ0) is 26.3. The molecule has 0 saturated heterocycles. The number of nitrogens with one attached hydrogen (secondary N) is 1. The molecular formula is C26H33Cl2N3O4S. The topological polar surface area (TPSA) is 86.8 Å². The normalized spacial score (nSPS) is 15.2. The van der Waals surface area contributed by atoms with E-state index in [1.54, 1.807) is 48.5 Å². The molecule has 0 bridgehead atoms. The van der Waals surface area contributed by atoms with E-state index in [1.165, 1.54) is 4.90 Å². The predicted molar refractivity (Wildman–Crippen MR) is 145 cm³/mol. The van der Waals surface area contributed by atoms with Gasteiger partial charge in [-0.25, -0.2) is 8.42 Å². The van der Waals surface area contributed by atoms with Crippen molar-refractivity contribution < 1.29 is 18.0 Å². The van der Waals surface area contributed by atoms with Gasteiger partial charge in [0.25, 0.3) is 0 Å². The largest absolute Gasteiger partial charge is 0.352 e. The number of anilines is 1. The monoisotopic (exact) mass is 553 g/mol. The number of halogens is 2. The summed E-state index contributed by atoms with van der Waals surface area (Å²) in [6.45, 7) is 1.55. The van der Waals surface area contributed by atoms with E-state index < -0.39 is 28.5 Å². The molecule has 1 fully saturated rings. The number of hydrogen-bond donors (Lipinski definition) is 1. The Balaban J connectivity index is 1.89. The van der Waals surface area contributed by atoms with Crippen LogP contribution in [0.5, 0.6) is 0 Å². The number of nitrogens with zero attached hydrogens (tertiary/aromatic N) is 2. The second kappa shape index (κ2) is 12.8. The standard InChI is InChI=1S/C26H33Cl2N3O4S/c1-3-24(26(33)29-22-7-5-4-6-8-22)30(17-19-9-11-20(27)12-10-19)25(32)18-31(36(2,34)35)23-15-13-21(28)14-16-23/h9-16,22,24H,3-8,17-18H2,1-2H3,(H,29,33). The maximum absolute atomic E-state index is 13.7. The van der Waals surface area contributed by atoms with Crippen LogP contribution in [0.2, 0.25) is 10.0 Å². The van der Waals surface area contributed by atoms with E-state index in [4.69, 9.17) is 23.2 Å². The van der Waals surface area contributed by atoms with E-state index >= 15 is 0 Å². The SMILES string of the molecule is CCC(C(=O)NC1CCCCC1)N(Cc1ccc(Cl)cc1)C(=O)CN(c1ccc(Cl)cc1)S(C)(=O)=O. The molecule has 0 aliphatic heterocycles. The summed E-state index contributed by atoms with van der Waals surface area (Å²) in [4.78, 5) is 28.5. The van der Waals surface area contributed by atoms with Gasteiger partial charge in [0.1, 0.15) is 12.6 Å². The molecule has 3 rings (SSSR count). The maximum atomic E-state index is 13.7. The van der Waals surface area contributed by atoms with Gasteiger partial charge in [0.15, 0.2) is 0 Å². The number of carbonyl (C=O) groups excluding carboxylic acids is 2. The lowest BCUT2D eigenvalue weighted by atomic mass is 9.95. The van der Waals surface area contributed by atoms with Gasteiger partial charge in [-0.1, -0.05) is 61.5 Å². The van der Waals surface area contributed by atoms with Crippen molar-refractivity contribution in [1.82, 2.24) is 10.2 Å². The molecule has 1 unspecified atom stereocenters. The fourth-order valence-electron chi connectivity index (χ4n) is 4.47. The summed E-state index contributed by atoms with van der Waals surface area (Å²) >= 11 is 12.0. The van der Waals surface area contributed by atoms with Crippen molar-refractivity contribution in [2.75, 3.05) is 17.1 Å². The minimum Gasteiger partial charge on any atom is -0.352 e. The summed E-state index contributed by atoms with van der Waals surface area (Å²) in [5.74, 6) is -0.694. The molecule has 10 heteroatoms. The summed E-state index contributed by atoms with van der Waals surface area (Å²) in [7, 11) is -3.79. The smallest absolute Gasteiger partial charge is 0.244 e. The van der Waals surface area contributed by atoms with Gasteiger partial charge in [-0.2, -0.15) is 0 Å². The molecule has 1 aliphatic carbocycles. The summed E-state index contributed by atoms with van der Waals surface area (Å²) in [6, 6.07) is 12.6. The van der Waals surface area contributed by atoms with Crippen molar-refractivity contribution in [3.05, 3.63) is 64.1 Å². The lowest BCUT2D eigenvalue weighted by Crippen LogP contribution is -2.53. The van der Waals surface area contributed by atoms with Crippen molar-refractivity contribution in [3.63, 3.8) is 0 Å². The van der Waals surface area contributed by atoms with Crippen LogP contribution < -0.4 is 9.62 Å². The second-order valence-corrected chi connectivity index (χ2v) is 11.9. The Bertz CT molecular complexity index is 1130. The molecule has 196 valence electrons. The number of rotatable bonds is 10. The molecule has 1 saturated carbocycles. The number of amides is 2. The molecule has 0 aromatic heterocycles. The molecule has 36 heavy (non-hydrogen) atoms. The molecular weight excluding hydrogens is 521 g/mol. The first-order valence-corrected chi connectivity index (χ1v) is 14.8. The lowest BCUT2D eigenvalue weighted by Gasteiger charge is -2.34. The molecule has 1 aliphatic rings. The molecule has 1 atom stereocenters. The van der Waals surface area contributed by atoms with Crippen LogP contribution in [0.1, 0.15) is 51.0 Å². The van der Waals surface area contributed by atoms with Crippen molar-refractivity contribution >= 4 is 50.7 Å². The van der Waals surface area contributed by atoms with Gasteiger partial charge < -0.3 is 10.2 Å². The minimum atomic E-state index is -3.79. The number of sulfonamides is 1. The Hall–Kier alpha value is -2.29. The first-order chi connectivity index (χ1) is 17.1. The summed E-state index contributed by atoms with van der Waals surface area (Å²) in [5, 5.41) is 4.13. The quantitative estimate of drug-likeness (QED) is 0.447. The van der Waals surface area contributed by atoms with Gasteiger partial charge in [-0.15, -0.1) is 0 Å². The van der Waals surface area contributed by atoms with Gasteiger partial charge in [-0.05, 0) is 61.2 Å². The predicted octanol–water partition coefficient (Wildman–Crippen LogP) is 5.02. The molecule has 2 amide bonds. The zero-order valence-electron chi connectivity index (χ0n) is 20.6. The van der Waals surface area contributed by atoms with Crippen LogP contribution >= 0.6 is 23.2 Å². The number of carbonyl (C=O) groups is 2. The third-order valence-corrected chi connectivity index (χ3v) is 8.04. The van der Waals surface area contributed by atoms with E-state index in [0.717, 1.165) is 48.2 Å². The molecule has 0 radical (unpaired) electrons. The number of hydrogen-bond acceptors (Lipinski definition) is 4. The lowest BCUT2D eigenvalue weighted by molar-refractivity contribution is -0.140. The average molecular weight is 555 g/mol. The van der Waals surface area contributed by atoms with Crippen molar-refractivity contribution in [3.8, 4) is 0 Å². The minimum absolute atomic E-state index is 0.0920. The summed E-state index contributed by atoms with van der Waals surface area (Å²) in [6.07, 6.45) is 6.58. The van der Waals surface area contributed by atoms with Crippen LogP contribution in [0.4, 0.5) is 5.69 Å². The Kier molecular flexibility index (Phi) is 10.0. The van der Waals surface area contributed by atoms with E-state index in [9.17, 15) is 18.0 Å². The third kappa shape index (κ3) is 7.85. The fourth-order valence-corrected chi connectivity index (χ4v) is 5.57. The third-order valence-electron chi connectivity index (χ3n) is 6.40. The highest BCUT2D eigenvalue weighted by molar-refractivity contribution is 7.92. The van der Waals surface area contributed by atoms with E-state index in [0.29, 0.717) is 22.2 Å². The van der Waals surface area contributed by atoms with Gasteiger partial charge >= 0.3 is 0 Å². The molecule has 1 N–H and O–H groups in total. The van der Waals surface area contributed by atoms with Crippen molar-refractivity contribution in [2.24, 2.45) is 0 Å². The highest BCUT2D eigenvalue weighted by atomic mass is 35.5. The first kappa shape index (κ1) is 28.3. The Morgan fingerprint density at radius 1 is 0.972 bits per heavy atom. The Morgan fingerprint density at radius 2 is 1.53 bits per heavy atom. The Morgan fingerprint density at radius 3 is 2.06 bits per heavy atom. The first-order valence-electron chi connectivity index (χ1n) is 12.2. The summed E-state index contributed by atoms with van der Waals surface area (Å²) in [5.41, 5.74) is 1.11. The highest BCUT2D eigenvalue weighted by Crippen LogP contribution is 2.23. The van der Waals surface area contributed by atoms with E-state index in [-0.39, 0.29) is 18.5 Å². The fraction of sp³-hybridized carbons (Fsp3) is 0.462. The van der Waals surface area contributed by atoms with Crippen LogP contribution in [0.3, 0.4) is 0 Å². The zero-order valence-corrected chi connectivity index (χ0v) is 23.0. The van der Waals surface area contributed by atoms with Gasteiger partial charge in [-0.3, -0.25) is 13.9 Å². The second-order valence-electron chi connectivity index (χ2n) is 9.16. The van der Waals surface area contributed by atoms with Crippen molar-refractivity contribution in [1.29, 1.82) is 0 Å². The molecule has 2 aromatic carbocycles. The molecule has 2 aromatic rings. The average Bonchev–Trinajstić information content (AvgIpc) is 2.84. The van der Waals surface area contributed by atoms with Gasteiger partial charge in [0.2, 0.25) is 21.8 Å². The van der Waals surface area contributed by atoms with Crippen LogP contribution in [0, 0.1) is 0 Å². The van der Waals surface area contributed by atoms with E-state index in [1.807, 2.05) is 6.92 Å². The summed E-state index contributed by atoms with van der Waals surface area (Å²) < 4.78 is 26.3. The van der Waals surface area contributed by atoms with Gasteiger partial charge in [0, 0.05) is 22.6 Å². The highest BCUT2D eigenvalue weighted by Gasteiger charge is 2.32. The maximum Gasteiger partial charge on any atom is 0.244 e. The van der Waals surface area contributed by atoms with Gasteiger partial charge in [0.05, 0.1) is 11.9 Å². The number of benzene rings is 2. The van der Waals surface area contributed by atoms with Crippen LogP contribution in [0.25, 0.3) is 0 Å². The van der Waals surface area contributed by atoms with E-state index in [2.05, 4.69) is 5.32 Å².